The van der Waals surface area contributed by atoms with Crippen LogP contribution in [0.4, 0.5) is 0 Å². The van der Waals surface area contributed by atoms with Crippen molar-refractivity contribution in [2.24, 2.45) is 11.7 Å². The van der Waals surface area contributed by atoms with E-state index in [-0.39, 0.29) is 11.8 Å². The van der Waals surface area contributed by atoms with Gasteiger partial charge in [-0.05, 0) is 76.0 Å². The number of primary amides is 1. The fraction of sp³-hybridized carbons (Fsp3) is 0.552. The quantitative estimate of drug-likeness (QED) is 0.394. The highest BCUT2D eigenvalue weighted by Gasteiger charge is 2.47. The van der Waals surface area contributed by atoms with Gasteiger partial charge in [0.25, 0.3) is 0 Å². The van der Waals surface area contributed by atoms with Crippen molar-refractivity contribution in [1.29, 1.82) is 0 Å². The standard InChI is InChI=1S/C29H43N3O/c1-31-21-13-5-3-2-4-6-14-22-32-23-19-27(20-24-32)29(28(30)33,25-15-9-7-10-16-25)26-17-11-8-12-18-26/h7-12,15-18,27,31H,2-6,13-14,19-24H2,1H3,(H2,30,33). The first kappa shape index (κ1) is 25.5. The van der Waals surface area contributed by atoms with E-state index in [0.29, 0.717) is 0 Å². The number of hydrogen-bond acceptors (Lipinski definition) is 3. The van der Waals surface area contributed by atoms with Gasteiger partial charge in [-0.15, -0.1) is 0 Å². The average Bonchev–Trinajstić information content (AvgIpc) is 2.85. The number of hydrogen-bond donors (Lipinski definition) is 2. The Morgan fingerprint density at radius 1 is 0.848 bits per heavy atom. The van der Waals surface area contributed by atoms with Crippen molar-refractivity contribution >= 4 is 5.91 Å². The minimum absolute atomic E-state index is 0.216. The van der Waals surface area contributed by atoms with Crippen LogP contribution >= 0.6 is 0 Å². The summed E-state index contributed by atoms with van der Waals surface area (Å²) >= 11 is 0. The Morgan fingerprint density at radius 2 is 1.33 bits per heavy atom. The van der Waals surface area contributed by atoms with Gasteiger partial charge in [0.05, 0.1) is 0 Å². The van der Waals surface area contributed by atoms with Crippen LogP contribution in [0.1, 0.15) is 68.9 Å². The van der Waals surface area contributed by atoms with Gasteiger partial charge in [0.2, 0.25) is 5.91 Å². The zero-order valence-electron chi connectivity index (χ0n) is 20.5. The lowest BCUT2D eigenvalue weighted by atomic mass is 9.62. The Morgan fingerprint density at radius 3 is 1.82 bits per heavy atom. The van der Waals surface area contributed by atoms with E-state index in [9.17, 15) is 4.79 Å². The number of likely N-dealkylation sites (tertiary alicyclic amines) is 1. The number of amides is 1. The number of carbonyl (C=O) groups is 1. The summed E-state index contributed by atoms with van der Waals surface area (Å²) in [5.41, 5.74) is 7.50. The maximum Gasteiger partial charge on any atom is 0.232 e. The smallest absolute Gasteiger partial charge is 0.232 e. The fourth-order valence-electron chi connectivity index (χ4n) is 5.64. The number of rotatable bonds is 14. The molecule has 0 atom stereocenters. The van der Waals surface area contributed by atoms with E-state index in [1.54, 1.807) is 0 Å². The van der Waals surface area contributed by atoms with Crippen molar-refractivity contribution in [3.05, 3.63) is 71.8 Å². The van der Waals surface area contributed by atoms with Crippen LogP contribution in [-0.2, 0) is 10.2 Å². The maximum atomic E-state index is 13.2. The Labute approximate surface area is 200 Å². The van der Waals surface area contributed by atoms with E-state index in [2.05, 4.69) is 34.5 Å². The number of nitrogens with two attached hydrogens (primary N) is 1. The maximum absolute atomic E-state index is 13.2. The highest BCUT2D eigenvalue weighted by molar-refractivity contribution is 5.91. The van der Waals surface area contributed by atoms with Gasteiger partial charge in [-0.2, -0.15) is 0 Å². The van der Waals surface area contributed by atoms with Crippen molar-refractivity contribution in [3.8, 4) is 0 Å². The van der Waals surface area contributed by atoms with Gasteiger partial charge in [0, 0.05) is 0 Å². The number of carbonyl (C=O) groups excluding carboxylic acids is 1. The van der Waals surface area contributed by atoms with Crippen LogP contribution in [0.2, 0.25) is 0 Å². The van der Waals surface area contributed by atoms with Crippen LogP contribution in [0.5, 0.6) is 0 Å². The minimum atomic E-state index is -0.762. The average molecular weight is 450 g/mol. The molecule has 1 amide bonds. The second-order valence-electron chi connectivity index (χ2n) is 9.60. The second-order valence-corrected chi connectivity index (χ2v) is 9.60. The Kier molecular flexibility index (Phi) is 10.4. The van der Waals surface area contributed by atoms with Crippen LogP contribution in [0.25, 0.3) is 0 Å². The molecule has 2 aromatic rings. The van der Waals surface area contributed by atoms with Gasteiger partial charge in [0.1, 0.15) is 5.41 Å². The predicted octanol–water partition coefficient (Wildman–Crippen LogP) is 5.12. The van der Waals surface area contributed by atoms with Gasteiger partial charge in [0.15, 0.2) is 0 Å². The molecule has 1 aliphatic rings. The molecule has 180 valence electrons. The van der Waals surface area contributed by atoms with E-state index in [1.165, 1.54) is 51.5 Å². The molecule has 1 heterocycles. The van der Waals surface area contributed by atoms with E-state index in [0.717, 1.165) is 43.6 Å². The lowest BCUT2D eigenvalue weighted by Crippen LogP contribution is -2.51. The predicted molar refractivity (Wildman–Crippen MR) is 138 cm³/mol. The molecule has 2 aromatic carbocycles. The van der Waals surface area contributed by atoms with Crippen LogP contribution in [-0.4, -0.2) is 44.0 Å². The van der Waals surface area contributed by atoms with Crippen molar-refractivity contribution in [1.82, 2.24) is 10.2 Å². The summed E-state index contributed by atoms with van der Waals surface area (Å²) in [6.07, 6.45) is 11.3. The largest absolute Gasteiger partial charge is 0.369 e. The van der Waals surface area contributed by atoms with Crippen molar-refractivity contribution in [3.63, 3.8) is 0 Å². The van der Waals surface area contributed by atoms with Gasteiger partial charge >= 0.3 is 0 Å². The number of nitrogens with one attached hydrogen (secondary N) is 1. The summed E-state index contributed by atoms with van der Waals surface area (Å²) in [6.45, 7) is 4.40. The molecule has 33 heavy (non-hydrogen) atoms. The lowest BCUT2D eigenvalue weighted by Gasteiger charge is -2.43. The number of piperidine rings is 1. The SMILES string of the molecule is CNCCCCCCCCCN1CCC(C(C(N)=O)(c2ccccc2)c2ccccc2)CC1. The summed E-state index contributed by atoms with van der Waals surface area (Å²) in [4.78, 5) is 15.8. The topological polar surface area (TPSA) is 58.4 Å². The van der Waals surface area contributed by atoms with Crippen molar-refractivity contribution in [2.75, 3.05) is 33.2 Å². The monoisotopic (exact) mass is 449 g/mol. The molecule has 0 bridgehead atoms. The number of nitrogens with zero attached hydrogens (tertiary/aromatic N) is 1. The van der Waals surface area contributed by atoms with Gasteiger partial charge in [-0.25, -0.2) is 0 Å². The van der Waals surface area contributed by atoms with E-state index in [4.69, 9.17) is 5.73 Å². The third-order valence-electron chi connectivity index (χ3n) is 7.45. The number of benzene rings is 2. The zero-order chi connectivity index (χ0) is 23.4. The van der Waals surface area contributed by atoms with Crippen LogP contribution in [0.3, 0.4) is 0 Å². The molecule has 0 spiro atoms. The van der Waals surface area contributed by atoms with Crippen LogP contribution < -0.4 is 11.1 Å². The molecule has 4 heteroatoms. The highest BCUT2D eigenvalue weighted by Crippen LogP contribution is 2.44. The number of unbranched alkanes of at least 4 members (excludes halogenated alkanes) is 6. The molecule has 3 N–H and O–H groups in total. The fourth-order valence-corrected chi connectivity index (χ4v) is 5.64. The molecule has 0 unspecified atom stereocenters. The van der Waals surface area contributed by atoms with Crippen LogP contribution in [0, 0.1) is 5.92 Å². The second kappa shape index (κ2) is 13.5. The summed E-state index contributed by atoms with van der Waals surface area (Å²) in [6, 6.07) is 20.4. The van der Waals surface area contributed by atoms with Gasteiger partial charge in [-0.3, -0.25) is 4.79 Å². The first-order valence-electron chi connectivity index (χ1n) is 13.0. The first-order chi connectivity index (χ1) is 16.2. The van der Waals surface area contributed by atoms with E-state index >= 15 is 0 Å². The summed E-state index contributed by atoms with van der Waals surface area (Å²) in [5.74, 6) is -0.0123. The molecule has 1 saturated heterocycles. The third-order valence-corrected chi connectivity index (χ3v) is 7.45. The summed E-state index contributed by atoms with van der Waals surface area (Å²) in [7, 11) is 2.03. The van der Waals surface area contributed by atoms with Crippen molar-refractivity contribution in [2.45, 2.75) is 63.2 Å². The zero-order valence-corrected chi connectivity index (χ0v) is 20.5. The lowest BCUT2D eigenvalue weighted by molar-refractivity contribution is -0.124. The van der Waals surface area contributed by atoms with Gasteiger partial charge in [-0.1, -0.05) is 92.8 Å². The molecule has 0 aliphatic carbocycles. The molecule has 1 aliphatic heterocycles. The highest BCUT2D eigenvalue weighted by atomic mass is 16.1. The molecule has 0 aromatic heterocycles. The molecule has 0 radical (unpaired) electrons. The Bertz CT molecular complexity index is 761. The Balaban J connectivity index is 1.55. The van der Waals surface area contributed by atoms with Crippen LogP contribution in [0.15, 0.2) is 60.7 Å². The third kappa shape index (κ3) is 6.68. The molecular formula is C29H43N3O. The molecule has 0 saturated carbocycles. The van der Waals surface area contributed by atoms with E-state index < -0.39 is 5.41 Å². The summed E-state index contributed by atoms with van der Waals surface area (Å²) < 4.78 is 0. The normalized spacial score (nSPS) is 15.5. The van der Waals surface area contributed by atoms with Gasteiger partial charge < -0.3 is 16.0 Å². The van der Waals surface area contributed by atoms with E-state index in [1.807, 2.05) is 43.4 Å². The molecule has 1 fully saturated rings. The molecule has 3 rings (SSSR count). The first-order valence-corrected chi connectivity index (χ1v) is 13.0. The Hall–Kier alpha value is -2.17. The summed E-state index contributed by atoms with van der Waals surface area (Å²) in [5, 5.41) is 3.22. The molecule has 4 nitrogen and oxygen atoms in total. The van der Waals surface area contributed by atoms with Crippen molar-refractivity contribution < 1.29 is 4.79 Å². The molecular weight excluding hydrogens is 406 g/mol. The minimum Gasteiger partial charge on any atom is -0.369 e.